The zero-order chi connectivity index (χ0) is 22.7. The van der Waals surface area contributed by atoms with Crippen LogP contribution in [-0.4, -0.2) is 39.5 Å². The van der Waals surface area contributed by atoms with E-state index in [9.17, 15) is 4.79 Å². The molecule has 3 aromatic rings. The van der Waals surface area contributed by atoms with Gasteiger partial charge in [0.1, 0.15) is 11.8 Å². The molecule has 166 valence electrons. The standard InChI is InChI=1S/C23H24ClN5O3/c1-14-20(22(31)26-17-6-3-4-7-18(17)32-2)21(15-9-11-16(24)12-10-15)29-23(25-14)27-19(28-29)8-5-13-30/h3-4,6-7,9-12,21,30H,5,8,13H2,1-2H3,(H,26,31)(H,25,27,28)/t21-/m1/s1. The molecule has 4 rings (SSSR count). The maximum absolute atomic E-state index is 13.5. The molecule has 0 radical (unpaired) electrons. The number of nitrogens with zero attached hydrogens (tertiary/aromatic N) is 3. The number of hydrogen-bond acceptors (Lipinski definition) is 6. The number of rotatable bonds is 7. The van der Waals surface area contributed by atoms with Crippen LogP contribution < -0.4 is 15.4 Å². The monoisotopic (exact) mass is 453 g/mol. The molecule has 32 heavy (non-hydrogen) atoms. The number of halogens is 1. The Balaban J connectivity index is 1.76. The van der Waals surface area contributed by atoms with Crippen LogP contribution in [0.4, 0.5) is 11.6 Å². The highest BCUT2D eigenvalue weighted by Gasteiger charge is 2.34. The summed E-state index contributed by atoms with van der Waals surface area (Å²) in [7, 11) is 1.56. The summed E-state index contributed by atoms with van der Waals surface area (Å²) in [6, 6.07) is 14.1. The molecule has 1 aliphatic rings. The van der Waals surface area contributed by atoms with E-state index in [1.54, 1.807) is 36.1 Å². The predicted molar refractivity (Wildman–Crippen MR) is 123 cm³/mol. The molecule has 1 aliphatic heterocycles. The number of benzene rings is 2. The van der Waals surface area contributed by atoms with Gasteiger partial charge in [0.2, 0.25) is 5.95 Å². The largest absolute Gasteiger partial charge is 0.495 e. The summed E-state index contributed by atoms with van der Waals surface area (Å²) in [6.07, 6.45) is 1.09. The van der Waals surface area contributed by atoms with Crippen molar-refractivity contribution in [3.8, 4) is 5.75 Å². The second-order valence-corrected chi connectivity index (χ2v) is 7.83. The first kappa shape index (κ1) is 21.9. The first-order chi connectivity index (χ1) is 15.5. The maximum atomic E-state index is 13.5. The molecule has 1 aromatic heterocycles. The van der Waals surface area contributed by atoms with Gasteiger partial charge in [0.25, 0.3) is 5.91 Å². The molecule has 2 heterocycles. The van der Waals surface area contributed by atoms with Gasteiger partial charge in [0, 0.05) is 23.7 Å². The lowest BCUT2D eigenvalue weighted by atomic mass is 9.95. The second kappa shape index (κ2) is 9.42. The molecule has 0 fully saturated rings. The quantitative estimate of drug-likeness (QED) is 0.503. The van der Waals surface area contributed by atoms with Crippen LogP contribution in [0.2, 0.25) is 5.02 Å². The molecule has 0 saturated carbocycles. The van der Waals surface area contributed by atoms with Crippen LogP contribution >= 0.6 is 11.6 Å². The van der Waals surface area contributed by atoms with Crippen LogP contribution in [0.3, 0.4) is 0 Å². The van der Waals surface area contributed by atoms with E-state index in [0.717, 1.165) is 5.56 Å². The van der Waals surface area contributed by atoms with E-state index in [1.165, 1.54) is 0 Å². The Labute approximate surface area is 190 Å². The van der Waals surface area contributed by atoms with Gasteiger partial charge in [0.15, 0.2) is 5.82 Å². The summed E-state index contributed by atoms with van der Waals surface area (Å²) >= 11 is 6.10. The molecule has 0 saturated heterocycles. The highest BCUT2D eigenvalue weighted by Crippen LogP contribution is 2.36. The Bertz CT molecular complexity index is 1160. The molecular formula is C23H24ClN5O3. The van der Waals surface area contributed by atoms with Crippen molar-refractivity contribution in [2.75, 3.05) is 24.4 Å². The number of aromatic nitrogens is 3. The summed E-state index contributed by atoms with van der Waals surface area (Å²) in [5.74, 6) is 1.43. The number of ether oxygens (including phenoxy) is 1. The fourth-order valence-corrected chi connectivity index (χ4v) is 3.85. The number of aliphatic hydroxyl groups excluding tert-OH is 1. The van der Waals surface area contributed by atoms with Crippen molar-refractivity contribution in [1.29, 1.82) is 0 Å². The summed E-state index contributed by atoms with van der Waals surface area (Å²) < 4.78 is 7.08. The number of amides is 1. The highest BCUT2D eigenvalue weighted by molar-refractivity contribution is 6.30. The van der Waals surface area contributed by atoms with E-state index in [2.05, 4.69) is 20.7 Å². The van der Waals surface area contributed by atoms with Crippen molar-refractivity contribution in [3.63, 3.8) is 0 Å². The molecule has 0 spiro atoms. The van der Waals surface area contributed by atoms with Crippen LogP contribution in [0.1, 0.15) is 30.8 Å². The van der Waals surface area contributed by atoms with E-state index in [-0.39, 0.29) is 12.5 Å². The van der Waals surface area contributed by atoms with Crippen molar-refractivity contribution < 1.29 is 14.6 Å². The van der Waals surface area contributed by atoms with Gasteiger partial charge in [0.05, 0.1) is 18.4 Å². The third-order valence-electron chi connectivity index (χ3n) is 5.24. The number of aryl methyl sites for hydroxylation is 1. The predicted octanol–water partition coefficient (Wildman–Crippen LogP) is 3.79. The lowest BCUT2D eigenvalue weighted by Crippen LogP contribution is -2.31. The third-order valence-corrected chi connectivity index (χ3v) is 5.49. The van der Waals surface area contributed by atoms with Crippen molar-refractivity contribution in [3.05, 3.63) is 76.2 Å². The number of para-hydroxylation sites is 2. The minimum Gasteiger partial charge on any atom is -0.495 e. The summed E-state index contributed by atoms with van der Waals surface area (Å²) in [5, 5.41) is 20.6. The smallest absolute Gasteiger partial charge is 0.255 e. The molecule has 8 nitrogen and oxygen atoms in total. The molecule has 0 aliphatic carbocycles. The lowest BCUT2D eigenvalue weighted by Gasteiger charge is -2.29. The lowest BCUT2D eigenvalue weighted by molar-refractivity contribution is -0.113. The number of allylic oxidation sites excluding steroid dienone is 1. The molecule has 0 unspecified atom stereocenters. The Morgan fingerprint density at radius 3 is 2.72 bits per heavy atom. The number of aliphatic hydroxyl groups is 1. The van der Waals surface area contributed by atoms with Gasteiger partial charge in [-0.1, -0.05) is 35.9 Å². The van der Waals surface area contributed by atoms with Gasteiger partial charge in [-0.2, -0.15) is 10.1 Å². The van der Waals surface area contributed by atoms with Crippen molar-refractivity contribution in [2.24, 2.45) is 0 Å². The van der Waals surface area contributed by atoms with Crippen LogP contribution in [0.5, 0.6) is 5.75 Å². The molecule has 9 heteroatoms. The van der Waals surface area contributed by atoms with E-state index in [1.807, 2.05) is 31.2 Å². The highest BCUT2D eigenvalue weighted by atomic mass is 35.5. The maximum Gasteiger partial charge on any atom is 0.255 e. The third kappa shape index (κ3) is 4.32. The Morgan fingerprint density at radius 1 is 1.25 bits per heavy atom. The van der Waals surface area contributed by atoms with Gasteiger partial charge in [-0.3, -0.25) is 4.79 Å². The Morgan fingerprint density at radius 2 is 2.00 bits per heavy atom. The first-order valence-electron chi connectivity index (χ1n) is 10.3. The average molecular weight is 454 g/mol. The SMILES string of the molecule is COc1ccccc1NC(=O)C1=C(C)Nc2nc(CCCO)nn2[C@@H]1c1ccc(Cl)cc1. The number of methoxy groups -OCH3 is 1. The van der Waals surface area contributed by atoms with Crippen LogP contribution in [0, 0.1) is 0 Å². The summed E-state index contributed by atoms with van der Waals surface area (Å²) in [4.78, 5) is 18.1. The number of anilines is 2. The number of carbonyl (C=O) groups is 1. The number of fused-ring (bicyclic) bond motifs is 1. The number of carbonyl (C=O) groups excluding carboxylic acids is 1. The molecule has 1 amide bonds. The van der Waals surface area contributed by atoms with E-state index < -0.39 is 6.04 Å². The fraction of sp³-hybridized carbons (Fsp3) is 0.261. The second-order valence-electron chi connectivity index (χ2n) is 7.40. The molecule has 1 atom stereocenters. The van der Waals surface area contributed by atoms with E-state index in [4.69, 9.17) is 21.4 Å². The van der Waals surface area contributed by atoms with E-state index >= 15 is 0 Å². The van der Waals surface area contributed by atoms with Crippen molar-refractivity contribution in [1.82, 2.24) is 14.8 Å². The van der Waals surface area contributed by atoms with Crippen LogP contribution in [0.15, 0.2) is 59.8 Å². The van der Waals surface area contributed by atoms with Gasteiger partial charge in [-0.25, -0.2) is 4.68 Å². The van der Waals surface area contributed by atoms with Crippen molar-refractivity contribution >= 4 is 29.1 Å². The number of hydrogen-bond donors (Lipinski definition) is 3. The van der Waals surface area contributed by atoms with Gasteiger partial charge >= 0.3 is 0 Å². The van der Waals surface area contributed by atoms with Gasteiger partial charge in [-0.05, 0) is 43.2 Å². The summed E-state index contributed by atoms with van der Waals surface area (Å²) in [6.45, 7) is 1.90. The average Bonchev–Trinajstić information content (AvgIpc) is 3.20. The Hall–Kier alpha value is -3.36. The number of nitrogens with one attached hydrogen (secondary N) is 2. The molecule has 0 bridgehead atoms. The summed E-state index contributed by atoms with van der Waals surface area (Å²) in [5.41, 5.74) is 2.60. The van der Waals surface area contributed by atoms with Crippen LogP contribution in [-0.2, 0) is 11.2 Å². The first-order valence-corrected chi connectivity index (χ1v) is 10.6. The topological polar surface area (TPSA) is 101 Å². The van der Waals surface area contributed by atoms with E-state index in [0.29, 0.717) is 52.3 Å². The fourth-order valence-electron chi connectivity index (χ4n) is 3.72. The molecular weight excluding hydrogens is 430 g/mol. The van der Waals surface area contributed by atoms with Gasteiger partial charge in [-0.15, -0.1) is 0 Å². The Kier molecular flexibility index (Phi) is 6.43. The zero-order valence-electron chi connectivity index (χ0n) is 17.8. The van der Waals surface area contributed by atoms with Crippen molar-refractivity contribution in [2.45, 2.75) is 25.8 Å². The normalized spacial score (nSPS) is 15.2. The zero-order valence-corrected chi connectivity index (χ0v) is 18.6. The minimum absolute atomic E-state index is 0.0573. The molecule has 3 N–H and O–H groups in total. The van der Waals surface area contributed by atoms with Crippen LogP contribution in [0.25, 0.3) is 0 Å². The molecule has 2 aromatic carbocycles. The van der Waals surface area contributed by atoms with Gasteiger partial charge < -0.3 is 20.5 Å². The minimum atomic E-state index is -0.506.